The number of aliphatic hydroxyl groups is 1. The van der Waals surface area contributed by atoms with Gasteiger partial charge in [0.1, 0.15) is 0 Å². The van der Waals surface area contributed by atoms with E-state index in [-0.39, 0.29) is 19.1 Å². The van der Waals surface area contributed by atoms with E-state index in [4.69, 9.17) is 5.11 Å². The molecule has 0 aliphatic rings. The Morgan fingerprint density at radius 2 is 2.00 bits per heavy atom. The van der Waals surface area contributed by atoms with Crippen LogP contribution in [0.5, 0.6) is 0 Å². The molecule has 0 rings (SSSR count). The lowest BCUT2D eigenvalue weighted by Gasteiger charge is -2.18. The van der Waals surface area contributed by atoms with E-state index in [1.165, 1.54) is 0 Å². The van der Waals surface area contributed by atoms with E-state index < -0.39 is 27.8 Å². The maximum atomic E-state index is 11.5. The van der Waals surface area contributed by atoms with Crippen LogP contribution in [0.2, 0.25) is 0 Å². The molecular weight excluding hydrogens is 234 g/mol. The first kappa shape index (κ1) is 15.3. The Balaban J connectivity index is 4.30. The molecule has 0 aliphatic carbocycles. The molecule has 0 aliphatic heterocycles. The number of esters is 1. The topological polar surface area (TPSA) is 92.7 Å². The van der Waals surface area contributed by atoms with Crippen LogP contribution in [-0.4, -0.2) is 44.5 Å². The first-order valence-electron chi connectivity index (χ1n) is 5.08. The zero-order chi connectivity index (χ0) is 12.8. The first-order valence-corrected chi connectivity index (χ1v) is 6.74. The zero-order valence-corrected chi connectivity index (χ0v) is 10.6. The maximum absolute atomic E-state index is 11.5. The third kappa shape index (κ3) is 6.04. The van der Waals surface area contributed by atoms with Gasteiger partial charge in [-0.05, 0) is 19.8 Å². The van der Waals surface area contributed by atoms with Gasteiger partial charge in [-0.15, -0.1) is 0 Å². The lowest BCUT2D eigenvalue weighted by Crippen LogP contribution is -2.41. The van der Waals surface area contributed by atoms with Crippen molar-refractivity contribution in [2.75, 3.05) is 19.0 Å². The maximum Gasteiger partial charge on any atom is 0.322 e. The van der Waals surface area contributed by atoms with Crippen LogP contribution in [0.15, 0.2) is 0 Å². The minimum Gasteiger partial charge on any atom is -0.465 e. The quantitative estimate of drug-likeness (QED) is 0.596. The van der Waals surface area contributed by atoms with Gasteiger partial charge in [0.25, 0.3) is 0 Å². The average Bonchev–Trinajstić information content (AvgIpc) is 2.14. The Bertz CT molecular complexity index is 314. The number of nitrogens with one attached hydrogen (secondary N) is 1. The fraction of sp³-hybridized carbons (Fsp3) is 0.889. The van der Waals surface area contributed by atoms with Gasteiger partial charge in [0, 0.05) is 12.6 Å². The fourth-order valence-corrected chi connectivity index (χ4v) is 2.23. The molecule has 2 N–H and O–H groups in total. The van der Waals surface area contributed by atoms with E-state index in [9.17, 15) is 13.2 Å². The van der Waals surface area contributed by atoms with Gasteiger partial charge in [-0.2, -0.15) is 0 Å². The molecule has 0 aromatic heterocycles. The minimum atomic E-state index is -3.69. The number of aliphatic hydroxyl groups excluding tert-OH is 1. The molecule has 16 heavy (non-hydrogen) atoms. The van der Waals surface area contributed by atoms with Crippen molar-refractivity contribution in [3.05, 3.63) is 0 Å². The second-order valence-electron chi connectivity index (χ2n) is 3.63. The zero-order valence-electron chi connectivity index (χ0n) is 9.76. The number of ether oxygens (including phenoxy) is 1. The van der Waals surface area contributed by atoms with Gasteiger partial charge >= 0.3 is 5.97 Å². The first-order chi connectivity index (χ1) is 7.32. The summed E-state index contributed by atoms with van der Waals surface area (Å²) in [5, 5.41) is 8.84. The molecule has 0 aromatic rings. The van der Waals surface area contributed by atoms with Crippen molar-refractivity contribution >= 4 is 16.0 Å². The third-order valence-corrected chi connectivity index (χ3v) is 3.47. The van der Waals surface area contributed by atoms with Crippen molar-refractivity contribution in [1.29, 1.82) is 0 Å². The SMILES string of the molecule is CCOC(=O)CS(=O)(=O)NC(C)C(C)CO. The van der Waals surface area contributed by atoms with Crippen molar-refractivity contribution in [1.82, 2.24) is 4.72 Å². The van der Waals surface area contributed by atoms with Crippen LogP contribution >= 0.6 is 0 Å². The predicted molar refractivity (Wildman–Crippen MR) is 59.3 cm³/mol. The van der Waals surface area contributed by atoms with Crippen LogP contribution in [0.4, 0.5) is 0 Å². The Morgan fingerprint density at radius 1 is 1.44 bits per heavy atom. The molecule has 0 bridgehead atoms. The molecule has 0 saturated heterocycles. The second kappa shape index (κ2) is 6.82. The standard InChI is InChI=1S/C9H19NO5S/c1-4-15-9(12)6-16(13,14)10-8(3)7(2)5-11/h7-8,10-11H,4-6H2,1-3H3. The van der Waals surface area contributed by atoms with E-state index in [0.717, 1.165) is 0 Å². The van der Waals surface area contributed by atoms with E-state index in [1.807, 2.05) is 0 Å². The van der Waals surface area contributed by atoms with Crippen LogP contribution in [0.25, 0.3) is 0 Å². The fourth-order valence-electron chi connectivity index (χ4n) is 0.957. The highest BCUT2D eigenvalue weighted by atomic mass is 32.2. The third-order valence-electron chi connectivity index (χ3n) is 2.12. The molecule has 7 heteroatoms. The summed E-state index contributed by atoms with van der Waals surface area (Å²) in [5.41, 5.74) is 0. The van der Waals surface area contributed by atoms with Gasteiger partial charge < -0.3 is 9.84 Å². The summed E-state index contributed by atoms with van der Waals surface area (Å²) < 4.78 is 29.8. The number of hydrogen-bond acceptors (Lipinski definition) is 5. The van der Waals surface area contributed by atoms with Gasteiger partial charge in [0.05, 0.1) is 6.61 Å². The van der Waals surface area contributed by atoms with Crippen molar-refractivity contribution in [3.63, 3.8) is 0 Å². The monoisotopic (exact) mass is 253 g/mol. The Labute approximate surface area is 96.0 Å². The number of hydrogen-bond donors (Lipinski definition) is 2. The molecule has 2 atom stereocenters. The van der Waals surface area contributed by atoms with Gasteiger partial charge in [0.2, 0.25) is 10.0 Å². The van der Waals surface area contributed by atoms with Crippen LogP contribution in [0.1, 0.15) is 20.8 Å². The van der Waals surface area contributed by atoms with E-state index in [1.54, 1.807) is 20.8 Å². The van der Waals surface area contributed by atoms with Crippen molar-refractivity contribution in [2.45, 2.75) is 26.8 Å². The van der Waals surface area contributed by atoms with Crippen LogP contribution in [-0.2, 0) is 19.6 Å². The van der Waals surface area contributed by atoms with Gasteiger partial charge in [0.15, 0.2) is 5.75 Å². The summed E-state index contributed by atoms with van der Waals surface area (Å²) in [7, 11) is -3.69. The highest BCUT2D eigenvalue weighted by molar-refractivity contribution is 7.90. The number of carbonyl (C=O) groups is 1. The summed E-state index contributed by atoms with van der Waals surface area (Å²) in [5.74, 6) is -1.68. The molecule has 0 amide bonds. The Kier molecular flexibility index (Phi) is 6.54. The molecule has 0 fully saturated rings. The van der Waals surface area contributed by atoms with E-state index >= 15 is 0 Å². The van der Waals surface area contributed by atoms with Crippen LogP contribution < -0.4 is 4.72 Å². The molecule has 0 heterocycles. The van der Waals surface area contributed by atoms with Crippen LogP contribution in [0, 0.1) is 5.92 Å². The van der Waals surface area contributed by atoms with E-state index in [2.05, 4.69) is 9.46 Å². The highest BCUT2D eigenvalue weighted by Gasteiger charge is 2.22. The molecule has 96 valence electrons. The number of sulfonamides is 1. The molecule has 0 radical (unpaired) electrons. The summed E-state index contributed by atoms with van der Waals surface area (Å²) in [4.78, 5) is 11.0. The molecule has 2 unspecified atom stereocenters. The van der Waals surface area contributed by atoms with Gasteiger partial charge in [-0.1, -0.05) is 6.92 Å². The van der Waals surface area contributed by atoms with Gasteiger partial charge in [-0.25, -0.2) is 13.1 Å². The summed E-state index contributed by atoms with van der Waals surface area (Å²) in [6, 6.07) is -0.426. The van der Waals surface area contributed by atoms with E-state index in [0.29, 0.717) is 0 Å². The number of carbonyl (C=O) groups excluding carboxylic acids is 1. The minimum absolute atomic E-state index is 0.122. The summed E-state index contributed by atoms with van der Waals surface area (Å²) >= 11 is 0. The average molecular weight is 253 g/mol. The molecule has 0 spiro atoms. The van der Waals surface area contributed by atoms with Gasteiger partial charge in [-0.3, -0.25) is 4.79 Å². The summed E-state index contributed by atoms with van der Waals surface area (Å²) in [6.07, 6.45) is 0. The second-order valence-corrected chi connectivity index (χ2v) is 5.38. The highest BCUT2D eigenvalue weighted by Crippen LogP contribution is 2.02. The van der Waals surface area contributed by atoms with Crippen molar-refractivity contribution in [2.24, 2.45) is 5.92 Å². The Hall–Kier alpha value is -0.660. The smallest absolute Gasteiger partial charge is 0.322 e. The molecule has 0 aromatic carbocycles. The lowest BCUT2D eigenvalue weighted by atomic mass is 10.1. The molecule has 6 nitrogen and oxygen atoms in total. The molecular formula is C9H19NO5S. The van der Waals surface area contributed by atoms with Crippen molar-refractivity contribution < 1.29 is 23.1 Å². The lowest BCUT2D eigenvalue weighted by molar-refractivity contribution is -0.139. The summed E-state index contributed by atoms with van der Waals surface area (Å²) in [6.45, 7) is 4.97. The van der Waals surface area contributed by atoms with Crippen LogP contribution in [0.3, 0.4) is 0 Å². The largest absolute Gasteiger partial charge is 0.465 e. The predicted octanol–water partition coefficient (Wildman–Crippen LogP) is -0.514. The Morgan fingerprint density at radius 3 is 2.44 bits per heavy atom. The normalized spacial score (nSPS) is 15.5. The number of rotatable bonds is 7. The van der Waals surface area contributed by atoms with Crippen molar-refractivity contribution in [3.8, 4) is 0 Å². The molecule has 0 saturated carbocycles.